The molecule has 1 aliphatic rings. The molecule has 1 N–H and O–H groups in total. The van der Waals surface area contributed by atoms with Crippen LogP contribution in [0.2, 0.25) is 0 Å². The first-order valence-corrected chi connectivity index (χ1v) is 6.21. The monoisotopic (exact) mass is 244 g/mol. The first-order valence-electron chi connectivity index (χ1n) is 6.21. The normalized spacial score (nSPS) is 13.8. The molecule has 3 rings (SSSR count). The maximum Gasteiger partial charge on any atom is 0.181 e. The molecule has 1 aromatic heterocycles. The lowest BCUT2D eigenvalue weighted by Gasteiger charge is -2.04. The fourth-order valence-electron chi connectivity index (χ4n) is 2.19. The molecule has 0 spiro atoms. The van der Waals surface area contributed by atoms with E-state index in [1.165, 1.54) is 17.5 Å². The summed E-state index contributed by atoms with van der Waals surface area (Å²) in [5, 5.41) is 3.27. The Morgan fingerprint density at radius 2 is 2.17 bits per heavy atom. The highest BCUT2D eigenvalue weighted by molar-refractivity contribution is 5.61. The molecule has 0 atom stereocenters. The molecule has 1 aliphatic heterocycles. The van der Waals surface area contributed by atoms with E-state index in [0.717, 1.165) is 36.7 Å². The van der Waals surface area contributed by atoms with Crippen molar-refractivity contribution in [3.63, 3.8) is 0 Å². The van der Waals surface area contributed by atoms with E-state index in [-0.39, 0.29) is 0 Å². The van der Waals surface area contributed by atoms with E-state index in [0.29, 0.717) is 6.61 Å². The summed E-state index contributed by atoms with van der Waals surface area (Å²) in [5.41, 5.74) is 4.55. The maximum absolute atomic E-state index is 5.52. The number of oxazole rings is 1. The summed E-state index contributed by atoms with van der Waals surface area (Å²) >= 11 is 0. The van der Waals surface area contributed by atoms with Crippen LogP contribution in [-0.4, -0.2) is 11.5 Å². The molecule has 1 aromatic carbocycles. The zero-order valence-electron chi connectivity index (χ0n) is 10.4. The number of hydrogen-bond acceptors (Lipinski definition) is 4. The van der Waals surface area contributed by atoms with Crippen molar-refractivity contribution in [3.8, 4) is 11.3 Å². The Kier molecular flexibility index (Phi) is 3.13. The molecule has 2 aromatic rings. The van der Waals surface area contributed by atoms with Gasteiger partial charge in [0, 0.05) is 12.1 Å². The number of nitrogens with one attached hydrogen (secondary N) is 1. The minimum Gasteiger partial charge on any atom is -0.443 e. The van der Waals surface area contributed by atoms with Crippen LogP contribution in [0.3, 0.4) is 0 Å². The fourth-order valence-corrected chi connectivity index (χ4v) is 2.19. The van der Waals surface area contributed by atoms with Crippen molar-refractivity contribution >= 4 is 0 Å². The van der Waals surface area contributed by atoms with Crippen molar-refractivity contribution in [1.29, 1.82) is 0 Å². The lowest BCUT2D eigenvalue weighted by molar-refractivity contribution is 0.134. The topological polar surface area (TPSA) is 47.3 Å². The number of rotatable bonds is 4. The van der Waals surface area contributed by atoms with Crippen LogP contribution in [0.15, 0.2) is 29.0 Å². The Bertz CT molecular complexity index is 548. The number of ether oxygens (including phenoxy) is 1. The van der Waals surface area contributed by atoms with E-state index >= 15 is 0 Å². The van der Waals surface area contributed by atoms with Gasteiger partial charge in [-0.1, -0.05) is 19.1 Å². The zero-order chi connectivity index (χ0) is 12.4. The van der Waals surface area contributed by atoms with Gasteiger partial charge in [0.15, 0.2) is 12.2 Å². The summed E-state index contributed by atoms with van der Waals surface area (Å²) in [5.74, 6) is 0.852. The van der Waals surface area contributed by atoms with Crippen molar-refractivity contribution < 1.29 is 9.15 Å². The first-order chi connectivity index (χ1) is 8.88. The second-order valence-corrected chi connectivity index (χ2v) is 4.38. The second kappa shape index (κ2) is 4.92. The fraction of sp³-hybridized carbons (Fsp3) is 0.357. The SMILES string of the molecule is CCNCc1ncoc1-c1ccc2c(c1)COC2. The molecule has 0 saturated heterocycles. The van der Waals surface area contributed by atoms with Gasteiger partial charge in [-0.05, 0) is 23.7 Å². The Morgan fingerprint density at radius 1 is 1.28 bits per heavy atom. The summed E-state index contributed by atoms with van der Waals surface area (Å²) in [4.78, 5) is 4.26. The summed E-state index contributed by atoms with van der Waals surface area (Å²) in [7, 11) is 0. The molecule has 4 nitrogen and oxygen atoms in total. The molecule has 0 unspecified atom stereocenters. The van der Waals surface area contributed by atoms with Crippen LogP contribution in [0, 0.1) is 0 Å². The molecule has 2 heterocycles. The zero-order valence-corrected chi connectivity index (χ0v) is 10.4. The van der Waals surface area contributed by atoms with E-state index in [1.54, 1.807) is 0 Å². The highest BCUT2D eigenvalue weighted by atomic mass is 16.5. The van der Waals surface area contributed by atoms with E-state index in [1.807, 2.05) is 0 Å². The third-order valence-electron chi connectivity index (χ3n) is 3.17. The molecule has 0 aliphatic carbocycles. The molecule has 94 valence electrons. The van der Waals surface area contributed by atoms with Crippen molar-refractivity contribution in [2.75, 3.05) is 6.54 Å². The minimum absolute atomic E-state index is 0.694. The quantitative estimate of drug-likeness (QED) is 0.897. The number of benzene rings is 1. The maximum atomic E-state index is 5.52. The summed E-state index contributed by atoms with van der Waals surface area (Å²) in [6.45, 7) is 5.14. The average Bonchev–Trinajstić information content (AvgIpc) is 3.03. The Morgan fingerprint density at radius 3 is 3.06 bits per heavy atom. The van der Waals surface area contributed by atoms with Crippen molar-refractivity contribution in [1.82, 2.24) is 10.3 Å². The molecule has 4 heteroatoms. The molecule has 0 amide bonds. The van der Waals surface area contributed by atoms with Gasteiger partial charge in [-0.15, -0.1) is 0 Å². The van der Waals surface area contributed by atoms with Crippen molar-refractivity contribution in [2.24, 2.45) is 0 Å². The van der Waals surface area contributed by atoms with E-state index < -0.39 is 0 Å². The van der Waals surface area contributed by atoms with Gasteiger partial charge < -0.3 is 14.5 Å². The van der Waals surface area contributed by atoms with Crippen LogP contribution in [0.25, 0.3) is 11.3 Å². The second-order valence-electron chi connectivity index (χ2n) is 4.38. The standard InChI is InChI=1S/C14H16N2O2/c1-2-15-6-13-14(18-9-16-13)10-3-4-11-7-17-8-12(11)5-10/h3-5,9,15H,2,6-8H2,1H3. The third-order valence-corrected chi connectivity index (χ3v) is 3.17. The number of aromatic nitrogens is 1. The Labute approximate surface area is 106 Å². The highest BCUT2D eigenvalue weighted by Crippen LogP contribution is 2.28. The van der Waals surface area contributed by atoms with Crippen molar-refractivity contribution in [2.45, 2.75) is 26.7 Å². The van der Waals surface area contributed by atoms with E-state index in [4.69, 9.17) is 9.15 Å². The Hall–Kier alpha value is -1.65. The number of nitrogens with zero attached hydrogens (tertiary/aromatic N) is 1. The average molecular weight is 244 g/mol. The molecule has 0 bridgehead atoms. The molecule has 18 heavy (non-hydrogen) atoms. The molecule has 0 fully saturated rings. The van der Waals surface area contributed by atoms with Gasteiger partial charge in [0.05, 0.1) is 13.2 Å². The van der Waals surface area contributed by atoms with Crippen LogP contribution in [-0.2, 0) is 24.5 Å². The molecule has 0 saturated carbocycles. The van der Waals surface area contributed by atoms with Crippen molar-refractivity contribution in [3.05, 3.63) is 41.4 Å². The van der Waals surface area contributed by atoms with Gasteiger partial charge in [0.1, 0.15) is 5.69 Å². The van der Waals surface area contributed by atoms with Gasteiger partial charge in [0.2, 0.25) is 0 Å². The van der Waals surface area contributed by atoms with E-state index in [2.05, 4.69) is 35.4 Å². The van der Waals surface area contributed by atoms with Gasteiger partial charge in [-0.3, -0.25) is 0 Å². The van der Waals surface area contributed by atoms with Gasteiger partial charge in [-0.2, -0.15) is 0 Å². The highest BCUT2D eigenvalue weighted by Gasteiger charge is 2.15. The largest absolute Gasteiger partial charge is 0.443 e. The summed E-state index contributed by atoms with van der Waals surface area (Å²) < 4.78 is 10.9. The lowest BCUT2D eigenvalue weighted by atomic mass is 10.0. The number of fused-ring (bicyclic) bond motifs is 1. The predicted octanol–water partition coefficient (Wildman–Crippen LogP) is 2.48. The van der Waals surface area contributed by atoms with Gasteiger partial charge in [0.25, 0.3) is 0 Å². The summed E-state index contributed by atoms with van der Waals surface area (Å²) in [6, 6.07) is 6.32. The third kappa shape index (κ3) is 2.05. The molecule has 0 radical (unpaired) electrons. The summed E-state index contributed by atoms with van der Waals surface area (Å²) in [6.07, 6.45) is 1.51. The van der Waals surface area contributed by atoms with Gasteiger partial charge in [-0.25, -0.2) is 4.98 Å². The van der Waals surface area contributed by atoms with E-state index in [9.17, 15) is 0 Å². The Balaban J connectivity index is 1.92. The molecular formula is C14H16N2O2. The smallest absolute Gasteiger partial charge is 0.181 e. The first kappa shape index (κ1) is 11.4. The van der Waals surface area contributed by atoms with Crippen LogP contribution in [0.1, 0.15) is 23.7 Å². The van der Waals surface area contributed by atoms with Crippen LogP contribution < -0.4 is 5.32 Å². The van der Waals surface area contributed by atoms with Crippen LogP contribution >= 0.6 is 0 Å². The minimum atomic E-state index is 0.694. The molecular weight excluding hydrogens is 228 g/mol. The van der Waals surface area contributed by atoms with Gasteiger partial charge >= 0.3 is 0 Å². The van der Waals surface area contributed by atoms with Crippen LogP contribution in [0.5, 0.6) is 0 Å². The lowest BCUT2D eigenvalue weighted by Crippen LogP contribution is -2.12. The number of hydrogen-bond donors (Lipinski definition) is 1. The predicted molar refractivity (Wildman–Crippen MR) is 67.8 cm³/mol. The van der Waals surface area contributed by atoms with Crippen LogP contribution in [0.4, 0.5) is 0 Å².